The van der Waals surface area contributed by atoms with Crippen LogP contribution >= 0.6 is 36.1 Å². The minimum absolute atomic E-state index is 0.00957. The van der Waals surface area contributed by atoms with Crippen molar-refractivity contribution in [2.45, 2.75) is 26.1 Å². The molecule has 0 aliphatic heterocycles. The van der Waals surface area contributed by atoms with Crippen LogP contribution in [0.25, 0.3) is 10.8 Å². The molecule has 0 saturated heterocycles. The van der Waals surface area contributed by atoms with E-state index in [1.54, 1.807) is 0 Å². The molecule has 0 bridgehead atoms. The van der Waals surface area contributed by atoms with Crippen LogP contribution in [-0.2, 0) is 54.2 Å². The standard InChI is InChI=1S/C33H28N6O17S5/c1-51-26-14-20(60(46,47)12-11-39-10-2-3-18(16-39)33(42)43)5-9-24(26)35-37-30-22-15-27(59-56-54-45)31(32(41)21(22)6-7-23(30)34)38-36-25-8-4-19(13-28(25)61(48,49)50)58-52-29(40)17-57-55-53-44/h2-10,13-16H,11-12,17H2,1H3,(H6-,34,35,36,41,42,43,44,45,48,49,50)/p+1. The van der Waals surface area contributed by atoms with Gasteiger partial charge in [0, 0.05) is 39.8 Å². The van der Waals surface area contributed by atoms with E-state index in [1.165, 1.54) is 78.7 Å². The first kappa shape index (κ1) is 46.6. The molecule has 0 aliphatic carbocycles. The predicted molar refractivity (Wildman–Crippen MR) is 213 cm³/mol. The molecule has 0 fully saturated rings. The van der Waals surface area contributed by atoms with Crippen molar-refractivity contribution in [2.75, 3.05) is 24.3 Å². The molecule has 1 aromatic heterocycles. The molecule has 4 aromatic carbocycles. The van der Waals surface area contributed by atoms with Gasteiger partial charge in [0.15, 0.2) is 34.5 Å². The van der Waals surface area contributed by atoms with E-state index >= 15 is 0 Å². The number of benzene rings is 4. The summed E-state index contributed by atoms with van der Waals surface area (Å²) in [4.78, 5) is 22.2. The summed E-state index contributed by atoms with van der Waals surface area (Å²) in [5.74, 6) is -3.39. The first-order valence-electron chi connectivity index (χ1n) is 16.3. The first-order valence-corrected chi connectivity index (χ1v) is 21.8. The fourth-order valence-corrected chi connectivity index (χ4v) is 8.38. The van der Waals surface area contributed by atoms with Crippen LogP contribution in [0.5, 0.6) is 11.5 Å². The third kappa shape index (κ3) is 12.1. The van der Waals surface area contributed by atoms with Gasteiger partial charge in [0.1, 0.15) is 50.5 Å². The van der Waals surface area contributed by atoms with E-state index in [1.807, 2.05) is 0 Å². The Morgan fingerprint density at radius 3 is 2.28 bits per heavy atom. The largest absolute Gasteiger partial charge is 0.505 e. The second kappa shape index (κ2) is 20.8. The number of hydrogen-bond donors (Lipinski definition) is 6. The number of pyridine rings is 1. The Morgan fingerprint density at radius 2 is 1.57 bits per heavy atom. The smallest absolute Gasteiger partial charge is 0.341 e. The van der Waals surface area contributed by atoms with E-state index < -0.39 is 54.0 Å². The van der Waals surface area contributed by atoms with Gasteiger partial charge in [-0.25, -0.2) is 28.3 Å². The lowest BCUT2D eigenvalue weighted by Crippen LogP contribution is -2.37. The summed E-state index contributed by atoms with van der Waals surface area (Å²) < 4.78 is 81.4. The lowest BCUT2D eigenvalue weighted by molar-refractivity contribution is -0.692. The Balaban J connectivity index is 1.46. The van der Waals surface area contributed by atoms with Gasteiger partial charge in [-0.05, 0) is 54.6 Å². The van der Waals surface area contributed by atoms with Crippen LogP contribution in [0, 0.1) is 0 Å². The lowest BCUT2D eigenvalue weighted by atomic mass is 10.1. The summed E-state index contributed by atoms with van der Waals surface area (Å²) in [7, 11) is -7.60. The highest BCUT2D eigenvalue weighted by Crippen LogP contribution is 2.48. The van der Waals surface area contributed by atoms with E-state index in [2.05, 4.69) is 39.2 Å². The highest BCUT2D eigenvalue weighted by Gasteiger charge is 2.23. The summed E-state index contributed by atoms with van der Waals surface area (Å²) in [5, 5.41) is 61.3. The number of aromatic hydroxyl groups is 1. The monoisotopic (exact) mass is 941 g/mol. The van der Waals surface area contributed by atoms with Crippen LogP contribution in [0.15, 0.2) is 119 Å². The zero-order valence-electron chi connectivity index (χ0n) is 30.6. The van der Waals surface area contributed by atoms with Crippen LogP contribution in [0.2, 0.25) is 0 Å². The first-order chi connectivity index (χ1) is 29.1. The zero-order chi connectivity index (χ0) is 44.3. The quantitative estimate of drug-likeness (QED) is 0.00689. The maximum atomic E-state index is 13.2. The molecule has 5 aromatic rings. The summed E-state index contributed by atoms with van der Waals surface area (Å²) in [6, 6.07) is 14.1. The minimum atomic E-state index is -4.97. The van der Waals surface area contributed by atoms with Gasteiger partial charge < -0.3 is 24.9 Å². The third-order valence-corrected chi connectivity index (χ3v) is 12.3. The molecule has 0 aliphatic rings. The molecule has 322 valence electrons. The van der Waals surface area contributed by atoms with Gasteiger partial charge in [0.25, 0.3) is 10.1 Å². The average molecular weight is 942 g/mol. The molecular formula is C33H29N6O17S5+. The van der Waals surface area contributed by atoms with Crippen LogP contribution in [0.1, 0.15) is 10.4 Å². The molecule has 0 atom stereocenters. The highest BCUT2D eigenvalue weighted by atomic mass is 32.2. The van der Waals surface area contributed by atoms with E-state index in [-0.39, 0.29) is 71.8 Å². The molecule has 23 nitrogen and oxygen atoms in total. The lowest BCUT2D eigenvalue weighted by Gasteiger charge is -2.12. The molecule has 61 heavy (non-hydrogen) atoms. The number of phenols is 1. The number of rotatable bonds is 20. The van der Waals surface area contributed by atoms with Crippen molar-refractivity contribution in [1.82, 2.24) is 0 Å². The molecule has 0 radical (unpaired) electrons. The maximum Gasteiger partial charge on any atom is 0.341 e. The molecule has 5 rings (SSSR count). The van der Waals surface area contributed by atoms with Crippen molar-refractivity contribution in [2.24, 2.45) is 20.5 Å². The number of sulfone groups is 1. The Hall–Kier alpha value is -5.50. The number of carboxylic acid groups (broad SMARTS) is 1. The van der Waals surface area contributed by atoms with E-state index in [0.717, 1.165) is 12.1 Å². The number of nitrogens with zero attached hydrogens (tertiary/aromatic N) is 5. The van der Waals surface area contributed by atoms with Gasteiger partial charge in [0.2, 0.25) is 0 Å². The summed E-state index contributed by atoms with van der Waals surface area (Å²) >= 11 is 1.15. The number of nitrogens with two attached hydrogens (primary N) is 1. The van der Waals surface area contributed by atoms with Crippen LogP contribution < -0.4 is 15.0 Å². The second-order valence-electron chi connectivity index (χ2n) is 11.6. The molecule has 0 spiro atoms. The van der Waals surface area contributed by atoms with Gasteiger partial charge in [-0.15, -0.1) is 29.1 Å². The van der Waals surface area contributed by atoms with E-state index in [4.69, 9.17) is 25.2 Å². The van der Waals surface area contributed by atoms with Crippen LogP contribution in [-0.4, -0.2) is 72.7 Å². The number of phenolic OH excluding ortho intramolecular Hbond substituents is 1. The van der Waals surface area contributed by atoms with Crippen molar-refractivity contribution in [3.63, 3.8) is 0 Å². The van der Waals surface area contributed by atoms with Crippen LogP contribution in [0.4, 0.5) is 28.4 Å². The second-order valence-corrected chi connectivity index (χ2v) is 17.3. The number of methoxy groups -OCH3 is 1. The molecule has 7 N–H and O–H groups in total. The van der Waals surface area contributed by atoms with E-state index in [9.17, 15) is 41.2 Å². The number of aromatic nitrogens is 1. The Labute approximate surface area is 356 Å². The Bertz CT molecular complexity index is 2740. The molecule has 0 saturated carbocycles. The van der Waals surface area contributed by atoms with Gasteiger partial charge in [-0.1, -0.05) is 10.1 Å². The van der Waals surface area contributed by atoms with Crippen molar-refractivity contribution < 1.29 is 83.9 Å². The van der Waals surface area contributed by atoms with Gasteiger partial charge >= 0.3 is 11.9 Å². The van der Waals surface area contributed by atoms with Crippen molar-refractivity contribution >= 4 is 107 Å². The molecular weight excluding hydrogens is 913 g/mol. The van der Waals surface area contributed by atoms with Crippen molar-refractivity contribution in [1.29, 1.82) is 0 Å². The number of carboxylic acids is 1. The fourth-order valence-electron chi connectivity index (χ4n) is 5.07. The number of hydrogen-bond acceptors (Lipinski definition) is 23. The molecule has 28 heteroatoms. The third-order valence-electron chi connectivity index (χ3n) is 7.84. The number of aromatic carboxylic acids is 1. The number of azo groups is 2. The fraction of sp³-hybridized carbons (Fsp3) is 0.121. The SMILES string of the molecule is COc1cc(S(=O)(=O)CC[n+]2cccc(C(=O)O)c2)ccc1N=Nc1c(N)ccc2c(O)c(N=Nc3ccc(SOC(=O)CSOOO)cc3S(=O)(=O)O)c(SOOO)cc12. The average Bonchev–Trinajstić information content (AvgIpc) is 3.23. The normalized spacial score (nSPS) is 12.1. The summed E-state index contributed by atoms with van der Waals surface area (Å²) in [6.45, 7) is -0.0426. The number of carbonyl (C=O) groups is 2. The number of aryl methyl sites for hydroxylation is 1. The number of anilines is 1. The van der Waals surface area contributed by atoms with Crippen molar-refractivity contribution in [3.05, 3.63) is 84.7 Å². The molecule has 0 unspecified atom stereocenters. The topological polar surface area (TPSA) is 338 Å². The summed E-state index contributed by atoms with van der Waals surface area (Å²) in [5.41, 5.74) is 5.57. The number of fused-ring (bicyclic) bond motifs is 1. The minimum Gasteiger partial charge on any atom is -0.505 e. The van der Waals surface area contributed by atoms with E-state index in [0.29, 0.717) is 36.1 Å². The summed E-state index contributed by atoms with van der Waals surface area (Å²) in [6.07, 6.45) is 2.85. The van der Waals surface area contributed by atoms with Gasteiger partial charge in [0.05, 0.1) is 46.7 Å². The number of ether oxygens (including phenoxy) is 1. The number of carbonyl (C=O) groups excluding carboxylic acids is 1. The zero-order valence-corrected chi connectivity index (χ0v) is 34.7. The molecule has 0 amide bonds. The van der Waals surface area contributed by atoms with Gasteiger partial charge in [-0.2, -0.15) is 8.42 Å². The predicted octanol–water partition coefficient (Wildman–Crippen LogP) is 6.72. The van der Waals surface area contributed by atoms with Gasteiger partial charge in [-0.3, -0.25) is 9.35 Å². The van der Waals surface area contributed by atoms with Crippen LogP contribution in [0.3, 0.4) is 0 Å². The number of nitrogen functional groups attached to an aromatic ring is 1. The van der Waals surface area contributed by atoms with Crippen molar-refractivity contribution in [3.8, 4) is 11.5 Å². The Morgan fingerprint density at radius 1 is 0.852 bits per heavy atom. The maximum absolute atomic E-state index is 13.2. The highest BCUT2D eigenvalue weighted by molar-refractivity contribution is 7.96. The molecule has 1 heterocycles. The Kier molecular flexibility index (Phi) is 15.9.